The van der Waals surface area contributed by atoms with Gasteiger partial charge in [-0.1, -0.05) is 0 Å². The van der Waals surface area contributed by atoms with Gasteiger partial charge in [0.25, 0.3) is 0 Å². The quantitative estimate of drug-likeness (QED) is 0.866. The van der Waals surface area contributed by atoms with E-state index in [-0.39, 0.29) is 0 Å². The van der Waals surface area contributed by atoms with Crippen LogP contribution in [0.3, 0.4) is 0 Å². The van der Waals surface area contributed by atoms with Gasteiger partial charge in [-0.05, 0) is 0 Å². The highest BCUT2D eigenvalue weighted by atomic mass is 16.5. The van der Waals surface area contributed by atoms with Gasteiger partial charge in [-0.2, -0.15) is 4.98 Å². The van der Waals surface area contributed by atoms with Crippen LogP contribution in [-0.4, -0.2) is 52.7 Å². The number of piperazine rings is 1. The Morgan fingerprint density at radius 3 is 2.84 bits per heavy atom. The van der Waals surface area contributed by atoms with Crippen LogP contribution < -0.4 is 10.1 Å². The molecule has 1 saturated heterocycles. The minimum absolute atomic E-state index is 0.638. The zero-order valence-electron chi connectivity index (χ0n) is 11.4. The molecule has 6 heteroatoms. The molecule has 2 aromatic rings. The average Bonchev–Trinajstić information content (AvgIpc) is 2.77. The molecule has 0 aliphatic carbocycles. The molecule has 0 saturated carbocycles. The van der Waals surface area contributed by atoms with Gasteiger partial charge in [-0.3, -0.25) is 4.90 Å². The van der Waals surface area contributed by atoms with Gasteiger partial charge in [0.2, 0.25) is 5.88 Å². The number of rotatable bonds is 3. The van der Waals surface area contributed by atoms with Crippen molar-refractivity contribution in [1.29, 1.82) is 0 Å². The zero-order chi connectivity index (χ0) is 13.2. The molecular formula is C13H19N5O. The minimum atomic E-state index is 0.638. The van der Waals surface area contributed by atoms with E-state index in [9.17, 15) is 0 Å². The lowest BCUT2D eigenvalue weighted by atomic mass is 10.2. The molecule has 3 rings (SSSR count). The number of ether oxygens (including phenoxy) is 1. The summed E-state index contributed by atoms with van der Waals surface area (Å²) >= 11 is 0. The van der Waals surface area contributed by atoms with E-state index in [2.05, 4.69) is 26.4 Å². The molecule has 0 aromatic carbocycles. The Bertz CT molecular complexity index is 574. The highest BCUT2D eigenvalue weighted by Gasteiger charge is 2.17. The van der Waals surface area contributed by atoms with Gasteiger partial charge in [0.05, 0.1) is 7.11 Å². The first kappa shape index (κ1) is 12.4. The van der Waals surface area contributed by atoms with Crippen LogP contribution in [0.5, 0.6) is 5.88 Å². The van der Waals surface area contributed by atoms with Crippen molar-refractivity contribution in [3.8, 4) is 5.88 Å². The van der Waals surface area contributed by atoms with Crippen LogP contribution in [0, 0.1) is 0 Å². The van der Waals surface area contributed by atoms with Gasteiger partial charge in [0.15, 0.2) is 0 Å². The normalized spacial score (nSPS) is 16.9. The van der Waals surface area contributed by atoms with Crippen LogP contribution in [0.15, 0.2) is 12.5 Å². The van der Waals surface area contributed by atoms with Crippen LogP contribution in [0.2, 0.25) is 0 Å². The van der Waals surface area contributed by atoms with Gasteiger partial charge in [-0.25, -0.2) is 4.98 Å². The summed E-state index contributed by atoms with van der Waals surface area (Å²) in [6.07, 6.45) is 3.70. The number of aromatic nitrogens is 3. The Morgan fingerprint density at radius 2 is 2.11 bits per heavy atom. The maximum Gasteiger partial charge on any atom is 0.241 e. The Kier molecular flexibility index (Phi) is 3.35. The lowest BCUT2D eigenvalue weighted by Crippen LogP contribution is -2.42. The van der Waals surface area contributed by atoms with E-state index >= 15 is 0 Å². The highest BCUT2D eigenvalue weighted by molar-refractivity contribution is 5.83. The van der Waals surface area contributed by atoms with Gasteiger partial charge >= 0.3 is 0 Å². The average molecular weight is 261 g/mol. The van der Waals surface area contributed by atoms with Gasteiger partial charge < -0.3 is 14.6 Å². The van der Waals surface area contributed by atoms with E-state index in [1.807, 2.05) is 11.6 Å². The zero-order valence-corrected chi connectivity index (χ0v) is 11.4. The maximum atomic E-state index is 5.32. The summed E-state index contributed by atoms with van der Waals surface area (Å²) in [7, 11) is 3.65. The second-order valence-electron chi connectivity index (χ2n) is 4.87. The molecule has 0 unspecified atom stereocenters. The number of hydrogen-bond acceptors (Lipinski definition) is 5. The van der Waals surface area contributed by atoms with Crippen molar-refractivity contribution in [2.24, 2.45) is 7.05 Å². The molecule has 102 valence electrons. The van der Waals surface area contributed by atoms with E-state index in [1.165, 1.54) is 5.56 Å². The first-order chi connectivity index (χ1) is 9.29. The molecule has 1 aliphatic rings. The van der Waals surface area contributed by atoms with Gasteiger partial charge in [0.1, 0.15) is 17.4 Å². The number of nitrogens with zero attached hydrogens (tertiary/aromatic N) is 4. The Balaban J connectivity index is 1.95. The number of fused-ring (bicyclic) bond motifs is 1. The molecule has 0 radical (unpaired) electrons. The van der Waals surface area contributed by atoms with Crippen LogP contribution in [0.25, 0.3) is 11.0 Å². The van der Waals surface area contributed by atoms with Crippen molar-refractivity contribution in [1.82, 2.24) is 24.8 Å². The summed E-state index contributed by atoms with van der Waals surface area (Å²) in [4.78, 5) is 11.0. The summed E-state index contributed by atoms with van der Waals surface area (Å²) in [5.41, 5.74) is 3.20. The van der Waals surface area contributed by atoms with Crippen molar-refractivity contribution in [3.63, 3.8) is 0 Å². The first-order valence-electron chi connectivity index (χ1n) is 6.55. The van der Waals surface area contributed by atoms with Gasteiger partial charge in [-0.15, -0.1) is 0 Å². The largest absolute Gasteiger partial charge is 0.479 e. The van der Waals surface area contributed by atoms with Crippen molar-refractivity contribution < 1.29 is 4.74 Å². The molecule has 3 heterocycles. The first-order valence-corrected chi connectivity index (χ1v) is 6.55. The van der Waals surface area contributed by atoms with Crippen molar-refractivity contribution in [2.75, 3.05) is 33.3 Å². The second-order valence-corrected chi connectivity index (χ2v) is 4.87. The van der Waals surface area contributed by atoms with Crippen LogP contribution >= 0.6 is 0 Å². The third-order valence-corrected chi connectivity index (χ3v) is 3.59. The number of aryl methyl sites for hydroxylation is 1. The topological polar surface area (TPSA) is 55.2 Å². The van der Waals surface area contributed by atoms with Crippen molar-refractivity contribution in [2.45, 2.75) is 6.54 Å². The molecule has 1 aliphatic heterocycles. The van der Waals surface area contributed by atoms with E-state index in [0.717, 1.165) is 43.8 Å². The lowest BCUT2D eigenvalue weighted by molar-refractivity contribution is 0.234. The van der Waals surface area contributed by atoms with Crippen LogP contribution in [-0.2, 0) is 13.6 Å². The number of methoxy groups -OCH3 is 1. The Labute approximate surface area is 112 Å². The van der Waals surface area contributed by atoms with E-state index in [1.54, 1.807) is 13.4 Å². The molecule has 19 heavy (non-hydrogen) atoms. The lowest BCUT2D eigenvalue weighted by Gasteiger charge is -2.26. The third kappa shape index (κ3) is 2.29. The minimum Gasteiger partial charge on any atom is -0.479 e. The van der Waals surface area contributed by atoms with Crippen molar-refractivity contribution >= 4 is 11.0 Å². The highest BCUT2D eigenvalue weighted by Crippen LogP contribution is 2.26. The monoisotopic (exact) mass is 261 g/mol. The fourth-order valence-electron chi connectivity index (χ4n) is 2.65. The predicted molar refractivity (Wildman–Crippen MR) is 73.2 cm³/mol. The summed E-state index contributed by atoms with van der Waals surface area (Å²) in [6, 6.07) is 0. The summed E-state index contributed by atoms with van der Waals surface area (Å²) in [5.74, 6) is 0.638. The molecule has 0 spiro atoms. The molecule has 1 N–H and O–H groups in total. The van der Waals surface area contributed by atoms with E-state index in [0.29, 0.717) is 5.88 Å². The predicted octanol–water partition coefficient (Wildman–Crippen LogP) is 0.382. The molecular weight excluding hydrogens is 242 g/mol. The second kappa shape index (κ2) is 5.14. The number of nitrogens with one attached hydrogen (secondary N) is 1. The fraction of sp³-hybridized carbons (Fsp3) is 0.538. The van der Waals surface area contributed by atoms with E-state index in [4.69, 9.17) is 4.74 Å². The van der Waals surface area contributed by atoms with Crippen molar-refractivity contribution in [3.05, 3.63) is 18.1 Å². The molecule has 1 fully saturated rings. The molecule has 0 bridgehead atoms. The smallest absolute Gasteiger partial charge is 0.241 e. The molecule has 0 amide bonds. The summed E-state index contributed by atoms with van der Waals surface area (Å²) < 4.78 is 7.36. The number of hydrogen-bond donors (Lipinski definition) is 1. The molecule has 0 atom stereocenters. The SMILES string of the molecule is COc1ncnc2c(CN3CCNCC3)cn(C)c12. The summed E-state index contributed by atoms with van der Waals surface area (Å²) in [6.45, 7) is 5.21. The molecule has 2 aromatic heterocycles. The van der Waals surface area contributed by atoms with Crippen LogP contribution in [0.1, 0.15) is 5.56 Å². The fourth-order valence-corrected chi connectivity index (χ4v) is 2.65. The molecule has 6 nitrogen and oxygen atoms in total. The van der Waals surface area contributed by atoms with Crippen LogP contribution in [0.4, 0.5) is 0 Å². The van der Waals surface area contributed by atoms with Gasteiger partial charge in [0, 0.05) is 51.5 Å². The van der Waals surface area contributed by atoms with E-state index < -0.39 is 0 Å². The third-order valence-electron chi connectivity index (χ3n) is 3.59. The standard InChI is InChI=1S/C13H19N5O/c1-17-7-10(8-18-5-3-14-4-6-18)11-12(17)13(19-2)16-9-15-11/h7,9,14H,3-6,8H2,1-2H3. The summed E-state index contributed by atoms with van der Waals surface area (Å²) in [5, 5.41) is 3.37. The Morgan fingerprint density at radius 1 is 1.32 bits per heavy atom. The Hall–Kier alpha value is -1.66. The maximum absolute atomic E-state index is 5.32.